The van der Waals surface area contributed by atoms with Crippen molar-refractivity contribution in [3.8, 4) is 0 Å². The molecule has 1 aromatic heterocycles. The highest BCUT2D eigenvalue weighted by Gasteiger charge is 2.24. The highest BCUT2D eigenvalue weighted by atomic mass is 16.3. The second-order valence-corrected chi connectivity index (χ2v) is 7.92. The van der Waals surface area contributed by atoms with Crippen molar-refractivity contribution in [2.24, 2.45) is 0 Å². The van der Waals surface area contributed by atoms with Gasteiger partial charge in [0.2, 0.25) is 5.91 Å². The van der Waals surface area contributed by atoms with E-state index >= 15 is 0 Å². The van der Waals surface area contributed by atoms with Crippen molar-refractivity contribution in [3.63, 3.8) is 0 Å². The van der Waals surface area contributed by atoms with Crippen LogP contribution in [0.25, 0.3) is 11.0 Å². The van der Waals surface area contributed by atoms with Gasteiger partial charge < -0.3 is 9.32 Å². The molecule has 0 bridgehead atoms. The van der Waals surface area contributed by atoms with E-state index in [1.807, 2.05) is 36.2 Å². The van der Waals surface area contributed by atoms with Gasteiger partial charge >= 0.3 is 0 Å². The molecule has 0 aliphatic carbocycles. The lowest BCUT2D eigenvalue weighted by molar-refractivity contribution is -0.134. The van der Waals surface area contributed by atoms with Gasteiger partial charge in [-0.05, 0) is 31.7 Å². The number of furan rings is 1. The van der Waals surface area contributed by atoms with E-state index in [4.69, 9.17) is 4.42 Å². The van der Waals surface area contributed by atoms with Crippen molar-refractivity contribution in [2.45, 2.75) is 19.5 Å². The van der Waals surface area contributed by atoms with Crippen LogP contribution in [0.1, 0.15) is 24.3 Å². The highest BCUT2D eigenvalue weighted by molar-refractivity contribution is 5.79. The summed E-state index contributed by atoms with van der Waals surface area (Å²) in [5.74, 6) is 1.09. The Morgan fingerprint density at radius 3 is 2.45 bits per heavy atom. The van der Waals surface area contributed by atoms with Crippen molar-refractivity contribution in [1.82, 2.24) is 14.7 Å². The van der Waals surface area contributed by atoms with Gasteiger partial charge in [-0.15, -0.1) is 0 Å². The minimum atomic E-state index is 0.0470. The lowest BCUT2D eigenvalue weighted by atomic mass is 10.2. The number of hydrogen-bond acceptors (Lipinski definition) is 4. The maximum atomic E-state index is 12.8. The monoisotopic (exact) mass is 391 g/mol. The Morgan fingerprint density at radius 1 is 1.03 bits per heavy atom. The normalized spacial score (nSPS) is 16.4. The summed E-state index contributed by atoms with van der Waals surface area (Å²) >= 11 is 0. The van der Waals surface area contributed by atoms with E-state index in [0.717, 1.165) is 49.5 Å². The molecule has 1 fully saturated rings. The van der Waals surface area contributed by atoms with Gasteiger partial charge in [-0.2, -0.15) is 0 Å². The largest absolute Gasteiger partial charge is 0.459 e. The van der Waals surface area contributed by atoms with Crippen LogP contribution in [0.15, 0.2) is 65.1 Å². The first kappa shape index (κ1) is 19.7. The molecule has 1 aliphatic rings. The molecular formula is C24H29N3O2. The summed E-state index contributed by atoms with van der Waals surface area (Å²) in [4.78, 5) is 19.3. The zero-order valence-electron chi connectivity index (χ0n) is 17.3. The van der Waals surface area contributed by atoms with E-state index in [2.05, 4.69) is 53.1 Å². The van der Waals surface area contributed by atoms with E-state index in [1.54, 1.807) is 0 Å². The van der Waals surface area contributed by atoms with Crippen LogP contribution in [0.3, 0.4) is 0 Å². The average molecular weight is 392 g/mol. The summed E-state index contributed by atoms with van der Waals surface area (Å²) in [5.41, 5.74) is 2.22. The smallest absolute Gasteiger partial charge is 0.236 e. The first-order valence-corrected chi connectivity index (χ1v) is 10.3. The Kier molecular flexibility index (Phi) is 5.97. The molecule has 1 unspecified atom stereocenters. The van der Waals surface area contributed by atoms with Gasteiger partial charge in [-0.25, -0.2) is 0 Å². The molecule has 1 amide bonds. The molecule has 5 heteroatoms. The van der Waals surface area contributed by atoms with Crippen LogP contribution >= 0.6 is 0 Å². The fourth-order valence-corrected chi connectivity index (χ4v) is 3.87. The first-order valence-electron chi connectivity index (χ1n) is 10.3. The van der Waals surface area contributed by atoms with Crippen LogP contribution in [0.2, 0.25) is 0 Å². The summed E-state index contributed by atoms with van der Waals surface area (Å²) < 4.78 is 5.98. The molecule has 0 radical (unpaired) electrons. The highest BCUT2D eigenvalue weighted by Crippen LogP contribution is 2.26. The van der Waals surface area contributed by atoms with Gasteiger partial charge in [0.25, 0.3) is 0 Å². The van der Waals surface area contributed by atoms with E-state index in [1.165, 1.54) is 5.56 Å². The molecule has 1 saturated heterocycles. The molecule has 3 aromatic rings. The Morgan fingerprint density at radius 2 is 1.72 bits per heavy atom. The number of fused-ring (bicyclic) bond motifs is 1. The van der Waals surface area contributed by atoms with E-state index in [-0.39, 0.29) is 11.9 Å². The van der Waals surface area contributed by atoms with E-state index in [9.17, 15) is 4.79 Å². The van der Waals surface area contributed by atoms with Gasteiger partial charge in [0.05, 0.1) is 12.6 Å². The van der Waals surface area contributed by atoms with Crippen LogP contribution in [-0.2, 0) is 11.3 Å². The van der Waals surface area contributed by atoms with Crippen molar-refractivity contribution >= 4 is 16.9 Å². The van der Waals surface area contributed by atoms with E-state index < -0.39 is 0 Å². The number of carbonyl (C=O) groups is 1. The minimum absolute atomic E-state index is 0.0470. The number of hydrogen-bond donors (Lipinski definition) is 0. The van der Waals surface area contributed by atoms with Crippen LogP contribution in [0.4, 0.5) is 0 Å². The quantitative estimate of drug-likeness (QED) is 0.641. The van der Waals surface area contributed by atoms with Crippen LogP contribution in [-0.4, -0.2) is 60.4 Å². The predicted octanol–water partition coefficient (Wildman–Crippen LogP) is 3.77. The first-order chi connectivity index (χ1) is 14.1. The van der Waals surface area contributed by atoms with Crippen LogP contribution in [0.5, 0.6) is 0 Å². The molecular weight excluding hydrogens is 362 g/mol. The predicted molar refractivity (Wildman–Crippen MR) is 116 cm³/mol. The number of para-hydroxylation sites is 1. The minimum Gasteiger partial charge on any atom is -0.459 e. The number of benzene rings is 2. The second kappa shape index (κ2) is 8.80. The van der Waals surface area contributed by atoms with Gasteiger partial charge in [-0.1, -0.05) is 48.5 Å². The van der Waals surface area contributed by atoms with Crippen molar-refractivity contribution in [1.29, 1.82) is 0 Å². The summed E-state index contributed by atoms with van der Waals surface area (Å²) in [7, 11) is 1.99. The number of likely N-dealkylation sites (N-methyl/N-ethyl adjacent to an activating group) is 1. The standard InChI is InChI=1S/C24H29N3O2/c1-19(23-16-21-10-6-7-11-22(21)29-23)25(2)18-24(28)27-14-12-26(13-15-27)17-20-8-4-3-5-9-20/h3-11,16,19H,12-15,17-18H2,1-2H3. The maximum Gasteiger partial charge on any atom is 0.236 e. The number of amides is 1. The van der Waals surface area contributed by atoms with E-state index in [0.29, 0.717) is 6.54 Å². The van der Waals surface area contributed by atoms with Crippen molar-refractivity contribution < 1.29 is 9.21 Å². The lowest BCUT2D eigenvalue weighted by Gasteiger charge is -2.36. The lowest BCUT2D eigenvalue weighted by Crippen LogP contribution is -2.50. The molecule has 1 aliphatic heterocycles. The third-order valence-electron chi connectivity index (χ3n) is 5.88. The topological polar surface area (TPSA) is 39.9 Å². The Balaban J connectivity index is 1.28. The second-order valence-electron chi connectivity index (χ2n) is 7.92. The SMILES string of the molecule is CC(c1cc2ccccc2o1)N(C)CC(=O)N1CCN(Cc2ccccc2)CC1. The van der Waals surface area contributed by atoms with Crippen molar-refractivity contribution in [2.75, 3.05) is 39.8 Å². The van der Waals surface area contributed by atoms with Gasteiger partial charge in [0.15, 0.2) is 0 Å². The molecule has 5 nitrogen and oxygen atoms in total. The maximum absolute atomic E-state index is 12.8. The number of rotatable bonds is 6. The molecule has 2 heterocycles. The molecule has 0 N–H and O–H groups in total. The summed E-state index contributed by atoms with van der Waals surface area (Å²) in [6.07, 6.45) is 0. The molecule has 29 heavy (non-hydrogen) atoms. The molecule has 1 atom stereocenters. The third-order valence-corrected chi connectivity index (χ3v) is 5.88. The molecule has 0 spiro atoms. The molecule has 152 valence electrons. The zero-order valence-corrected chi connectivity index (χ0v) is 17.3. The Hall–Kier alpha value is -2.63. The van der Waals surface area contributed by atoms with Gasteiger partial charge in [0.1, 0.15) is 11.3 Å². The summed E-state index contributed by atoms with van der Waals surface area (Å²) in [6, 6.07) is 20.7. The molecule has 0 saturated carbocycles. The number of piperazine rings is 1. The number of carbonyl (C=O) groups excluding carboxylic acids is 1. The van der Waals surface area contributed by atoms with Gasteiger partial charge in [0, 0.05) is 38.1 Å². The van der Waals surface area contributed by atoms with Crippen molar-refractivity contribution in [3.05, 3.63) is 72.0 Å². The molecule has 4 rings (SSSR count). The summed E-state index contributed by atoms with van der Waals surface area (Å²) in [5, 5.41) is 1.10. The Bertz CT molecular complexity index is 912. The Labute approximate surface area is 172 Å². The zero-order chi connectivity index (χ0) is 20.2. The fourth-order valence-electron chi connectivity index (χ4n) is 3.87. The number of nitrogens with zero attached hydrogens (tertiary/aromatic N) is 3. The average Bonchev–Trinajstić information content (AvgIpc) is 3.18. The summed E-state index contributed by atoms with van der Waals surface area (Å²) in [6.45, 7) is 6.86. The van der Waals surface area contributed by atoms with Crippen LogP contribution in [0, 0.1) is 0 Å². The fraction of sp³-hybridized carbons (Fsp3) is 0.375. The molecule has 2 aromatic carbocycles. The van der Waals surface area contributed by atoms with Gasteiger partial charge in [-0.3, -0.25) is 14.6 Å². The third kappa shape index (κ3) is 4.69. The van der Waals surface area contributed by atoms with Crippen LogP contribution < -0.4 is 0 Å².